The lowest BCUT2D eigenvalue weighted by atomic mass is 9.87. The molecule has 4 aromatic carbocycles. The van der Waals surface area contributed by atoms with E-state index in [1.807, 2.05) is 12.1 Å². The molecule has 0 radical (unpaired) electrons. The number of likely N-dealkylation sites (tertiary alicyclic amines) is 1. The number of ketones is 1. The maximum atomic E-state index is 12.4. The van der Waals surface area contributed by atoms with Gasteiger partial charge in [0, 0.05) is 5.56 Å². The highest BCUT2D eigenvalue weighted by molar-refractivity contribution is 6.05. The molecule has 174 valence electrons. The summed E-state index contributed by atoms with van der Waals surface area (Å²) in [5.74, 6) is 3.43. The zero-order chi connectivity index (χ0) is 24.4. The monoisotopic (exact) mass is 457 g/mol. The SMILES string of the molecule is C#CCN1CCC(c2ccc(-c3cc(C(C)=O)cc4cc(-c5ccc(C)cc5)ccc34)cc2)CC1. The van der Waals surface area contributed by atoms with Gasteiger partial charge in [0.05, 0.1) is 6.54 Å². The van der Waals surface area contributed by atoms with Crippen LogP contribution in [0.4, 0.5) is 0 Å². The van der Waals surface area contributed by atoms with Crippen molar-refractivity contribution in [1.29, 1.82) is 0 Å². The van der Waals surface area contributed by atoms with Crippen LogP contribution in [0.2, 0.25) is 0 Å². The molecule has 2 nitrogen and oxygen atoms in total. The molecule has 0 aliphatic carbocycles. The van der Waals surface area contributed by atoms with E-state index in [0.717, 1.165) is 60.1 Å². The van der Waals surface area contributed by atoms with Crippen molar-refractivity contribution < 1.29 is 4.79 Å². The Labute approximate surface area is 208 Å². The van der Waals surface area contributed by atoms with Gasteiger partial charge in [0.2, 0.25) is 0 Å². The van der Waals surface area contributed by atoms with Crippen LogP contribution in [0.5, 0.6) is 0 Å². The van der Waals surface area contributed by atoms with Gasteiger partial charge in [0.25, 0.3) is 0 Å². The van der Waals surface area contributed by atoms with Crippen molar-refractivity contribution in [2.24, 2.45) is 0 Å². The van der Waals surface area contributed by atoms with E-state index >= 15 is 0 Å². The lowest BCUT2D eigenvalue weighted by molar-refractivity contribution is 0.101. The molecule has 0 aromatic heterocycles. The van der Waals surface area contributed by atoms with Crippen LogP contribution in [-0.4, -0.2) is 30.3 Å². The number of hydrogen-bond acceptors (Lipinski definition) is 2. The number of hydrogen-bond donors (Lipinski definition) is 0. The summed E-state index contributed by atoms with van der Waals surface area (Å²) in [5.41, 5.74) is 7.99. The molecule has 1 saturated heterocycles. The van der Waals surface area contributed by atoms with E-state index < -0.39 is 0 Å². The molecule has 0 saturated carbocycles. The van der Waals surface area contributed by atoms with Gasteiger partial charge in [-0.1, -0.05) is 72.1 Å². The highest BCUT2D eigenvalue weighted by Crippen LogP contribution is 2.35. The molecule has 0 amide bonds. The number of benzene rings is 4. The Hall–Kier alpha value is -3.67. The van der Waals surface area contributed by atoms with Gasteiger partial charge in [-0.15, -0.1) is 6.42 Å². The first-order valence-corrected chi connectivity index (χ1v) is 12.4. The summed E-state index contributed by atoms with van der Waals surface area (Å²) < 4.78 is 0. The van der Waals surface area contributed by atoms with Gasteiger partial charge in [0.1, 0.15) is 0 Å². The highest BCUT2D eigenvalue weighted by atomic mass is 16.1. The summed E-state index contributed by atoms with van der Waals surface area (Å²) in [7, 11) is 0. The molecule has 1 aliphatic heterocycles. The molecule has 0 atom stereocenters. The third-order valence-electron chi connectivity index (χ3n) is 7.34. The molecular formula is C33H31NO. The fraction of sp³-hybridized carbons (Fsp3) is 0.242. The second kappa shape index (κ2) is 9.90. The van der Waals surface area contributed by atoms with Crippen LogP contribution >= 0.6 is 0 Å². The molecule has 0 N–H and O–H groups in total. The van der Waals surface area contributed by atoms with E-state index in [1.165, 1.54) is 22.1 Å². The van der Waals surface area contributed by atoms with E-state index in [1.54, 1.807) is 6.92 Å². The molecule has 2 heteroatoms. The van der Waals surface area contributed by atoms with Crippen molar-refractivity contribution in [1.82, 2.24) is 4.90 Å². The number of aryl methyl sites for hydroxylation is 1. The lowest BCUT2D eigenvalue weighted by Gasteiger charge is -2.30. The van der Waals surface area contributed by atoms with Gasteiger partial charge < -0.3 is 0 Å². The van der Waals surface area contributed by atoms with Crippen molar-refractivity contribution in [3.63, 3.8) is 0 Å². The maximum absolute atomic E-state index is 12.4. The standard InChI is InChI=1S/C33H31NO/c1-4-17-34-18-15-27(16-19-34)25-9-11-28(12-10-25)33-22-30(24(3)35)21-31-20-29(13-14-32(31)33)26-7-5-23(2)6-8-26/h1,5-14,20-22,27H,15-19H2,2-3H3. The second-order valence-corrected chi connectivity index (χ2v) is 9.76. The summed E-state index contributed by atoms with van der Waals surface area (Å²) >= 11 is 0. The van der Waals surface area contributed by atoms with Gasteiger partial charge in [-0.25, -0.2) is 0 Å². The van der Waals surface area contributed by atoms with E-state index in [4.69, 9.17) is 6.42 Å². The fourth-order valence-corrected chi connectivity index (χ4v) is 5.23. The number of terminal acetylenes is 1. The van der Waals surface area contributed by atoms with E-state index in [9.17, 15) is 4.79 Å². The van der Waals surface area contributed by atoms with Gasteiger partial charge in [0.15, 0.2) is 5.78 Å². The molecule has 4 aromatic rings. The van der Waals surface area contributed by atoms with Gasteiger partial charge in [-0.3, -0.25) is 9.69 Å². The van der Waals surface area contributed by atoms with Gasteiger partial charge in [-0.05, 0) is 102 Å². The number of nitrogens with zero attached hydrogens (tertiary/aromatic N) is 1. The maximum Gasteiger partial charge on any atom is 0.159 e. The Morgan fingerprint density at radius 2 is 1.54 bits per heavy atom. The molecule has 0 unspecified atom stereocenters. The van der Waals surface area contributed by atoms with Crippen LogP contribution in [0.15, 0.2) is 78.9 Å². The smallest absolute Gasteiger partial charge is 0.159 e. The predicted molar refractivity (Wildman–Crippen MR) is 147 cm³/mol. The molecular weight excluding hydrogens is 426 g/mol. The zero-order valence-corrected chi connectivity index (χ0v) is 20.6. The topological polar surface area (TPSA) is 20.3 Å². The third kappa shape index (κ3) is 4.92. The van der Waals surface area contributed by atoms with Crippen molar-refractivity contribution in [2.75, 3.05) is 19.6 Å². The van der Waals surface area contributed by atoms with Crippen LogP contribution < -0.4 is 0 Å². The van der Waals surface area contributed by atoms with Gasteiger partial charge >= 0.3 is 0 Å². The summed E-state index contributed by atoms with van der Waals surface area (Å²) in [5, 5.41) is 2.26. The molecule has 1 fully saturated rings. The minimum absolute atomic E-state index is 0.0873. The molecule has 0 bridgehead atoms. The molecule has 1 heterocycles. The number of fused-ring (bicyclic) bond motifs is 1. The van der Waals surface area contributed by atoms with E-state index in [0.29, 0.717) is 5.92 Å². The Bertz CT molecular complexity index is 1400. The Morgan fingerprint density at radius 1 is 0.886 bits per heavy atom. The molecule has 5 rings (SSSR count). The number of rotatable bonds is 5. The van der Waals surface area contributed by atoms with Crippen LogP contribution in [-0.2, 0) is 0 Å². The van der Waals surface area contributed by atoms with Crippen LogP contribution in [0, 0.1) is 19.3 Å². The summed E-state index contributed by atoms with van der Waals surface area (Å²) in [6.45, 7) is 6.61. The van der Waals surface area contributed by atoms with E-state index in [2.05, 4.69) is 84.5 Å². The highest BCUT2D eigenvalue weighted by Gasteiger charge is 2.20. The number of carbonyl (C=O) groups excluding carboxylic acids is 1. The van der Waals surface area contributed by atoms with Crippen molar-refractivity contribution >= 4 is 16.6 Å². The fourth-order valence-electron chi connectivity index (χ4n) is 5.23. The summed E-state index contributed by atoms with van der Waals surface area (Å²) in [6.07, 6.45) is 7.77. The Morgan fingerprint density at radius 3 is 2.20 bits per heavy atom. The second-order valence-electron chi connectivity index (χ2n) is 9.76. The van der Waals surface area contributed by atoms with Crippen LogP contribution in [0.1, 0.15) is 47.2 Å². The first kappa shape index (κ1) is 23.1. The number of carbonyl (C=O) groups is 1. The van der Waals surface area contributed by atoms with E-state index in [-0.39, 0.29) is 5.78 Å². The van der Waals surface area contributed by atoms with Crippen molar-refractivity contribution in [3.8, 4) is 34.6 Å². The number of Topliss-reactive ketones (excluding diaryl/α,β-unsaturated/α-hetero) is 1. The Balaban J connectivity index is 1.49. The summed E-state index contributed by atoms with van der Waals surface area (Å²) in [4.78, 5) is 14.7. The van der Waals surface area contributed by atoms with Crippen LogP contribution in [0.25, 0.3) is 33.0 Å². The number of piperidine rings is 1. The Kier molecular flexibility index (Phi) is 6.53. The lowest BCUT2D eigenvalue weighted by Crippen LogP contribution is -2.33. The van der Waals surface area contributed by atoms with Crippen molar-refractivity contribution in [2.45, 2.75) is 32.6 Å². The average Bonchev–Trinajstić information content (AvgIpc) is 2.89. The minimum Gasteiger partial charge on any atom is -0.295 e. The van der Waals surface area contributed by atoms with Crippen LogP contribution in [0.3, 0.4) is 0 Å². The predicted octanol–water partition coefficient (Wildman–Crippen LogP) is 7.50. The molecule has 0 spiro atoms. The minimum atomic E-state index is 0.0873. The summed E-state index contributed by atoms with van der Waals surface area (Å²) in [6, 6.07) is 28.2. The first-order valence-electron chi connectivity index (χ1n) is 12.4. The quantitative estimate of drug-likeness (QED) is 0.228. The molecule has 35 heavy (non-hydrogen) atoms. The average molecular weight is 458 g/mol. The first-order chi connectivity index (χ1) is 17.0. The zero-order valence-electron chi connectivity index (χ0n) is 20.6. The third-order valence-corrected chi connectivity index (χ3v) is 7.34. The normalized spacial score (nSPS) is 14.7. The van der Waals surface area contributed by atoms with Gasteiger partial charge in [-0.2, -0.15) is 0 Å². The molecule has 1 aliphatic rings. The van der Waals surface area contributed by atoms with Crippen molar-refractivity contribution in [3.05, 3.63) is 95.6 Å². The largest absolute Gasteiger partial charge is 0.295 e.